The van der Waals surface area contributed by atoms with Crippen LogP contribution in [0.4, 0.5) is 11.6 Å². The van der Waals surface area contributed by atoms with E-state index in [-0.39, 0.29) is 22.2 Å². The Morgan fingerprint density at radius 3 is 2.27 bits per heavy atom. The summed E-state index contributed by atoms with van der Waals surface area (Å²) in [7, 11) is -2.52. The van der Waals surface area contributed by atoms with Crippen molar-refractivity contribution < 1.29 is 22.7 Å². The highest BCUT2D eigenvalue weighted by molar-refractivity contribution is 7.92. The van der Waals surface area contributed by atoms with Crippen LogP contribution >= 0.6 is 11.6 Å². The summed E-state index contributed by atoms with van der Waals surface area (Å²) in [5.41, 5.74) is 1.51. The molecule has 0 aliphatic heterocycles. The summed E-state index contributed by atoms with van der Waals surface area (Å²) in [4.78, 5) is 47.5. The molecule has 0 spiro atoms. The number of nitrogens with one attached hydrogen (secondary N) is 2. The van der Waals surface area contributed by atoms with Crippen molar-refractivity contribution in [1.29, 1.82) is 0 Å². The third-order valence-electron chi connectivity index (χ3n) is 6.74. The Labute approximate surface area is 257 Å². The molecule has 1 atom stereocenters. The van der Waals surface area contributed by atoms with Crippen LogP contribution in [0.2, 0.25) is 5.02 Å². The fourth-order valence-corrected chi connectivity index (χ4v) is 5.60. The molecule has 13 heteroatoms. The molecular weight excluding hydrogens is 606 g/mol. The average Bonchev–Trinajstić information content (AvgIpc) is 2.99. The van der Waals surface area contributed by atoms with Gasteiger partial charge in [0, 0.05) is 40.6 Å². The monoisotopic (exact) mass is 631 g/mol. The first-order chi connectivity index (χ1) is 20.9. The summed E-state index contributed by atoms with van der Waals surface area (Å²) < 4.78 is 34.5. The van der Waals surface area contributed by atoms with E-state index in [1.54, 1.807) is 61.5 Å². The zero-order chi connectivity index (χ0) is 31.6. The molecule has 2 heterocycles. The van der Waals surface area contributed by atoms with E-state index in [0.29, 0.717) is 32.6 Å². The topological polar surface area (TPSA) is 149 Å². The van der Waals surface area contributed by atoms with E-state index in [9.17, 15) is 22.8 Å². The van der Waals surface area contributed by atoms with Gasteiger partial charge in [-0.2, -0.15) is 0 Å². The molecule has 1 amide bonds. The molecule has 5 rings (SSSR count). The summed E-state index contributed by atoms with van der Waals surface area (Å²) in [5, 5.41) is 4.06. The molecule has 0 aliphatic carbocycles. The molecule has 1 unspecified atom stereocenters. The number of aromatic nitrogens is 3. The highest BCUT2D eigenvalue weighted by atomic mass is 35.5. The number of anilines is 2. The van der Waals surface area contributed by atoms with Crippen molar-refractivity contribution >= 4 is 55.9 Å². The number of esters is 1. The standard InChI is InChI=1S/C31H26ClN5O6S/c1-18-16-17-33-31(34-18)36-44(41,42)23-14-12-22(13-15-23)35-28(38)19(2)43-30(40)27-26(20-8-10-21(32)11-9-20)24-6-4-5-7-25(24)29(39)37(27)3/h4-17,19H,1-3H3,(H,35,38)(H,33,34,36). The lowest BCUT2D eigenvalue weighted by Gasteiger charge is -2.19. The van der Waals surface area contributed by atoms with Gasteiger partial charge in [0.1, 0.15) is 5.69 Å². The summed E-state index contributed by atoms with van der Waals surface area (Å²) in [6, 6.07) is 20.7. The van der Waals surface area contributed by atoms with Crippen molar-refractivity contribution in [3.8, 4) is 11.1 Å². The molecule has 11 nitrogen and oxygen atoms in total. The quantitative estimate of drug-likeness (QED) is 0.229. The number of aryl methyl sites for hydroxylation is 1. The number of hydrogen-bond donors (Lipinski definition) is 2. The van der Waals surface area contributed by atoms with Gasteiger partial charge in [0.2, 0.25) is 5.95 Å². The number of halogens is 1. The number of sulfonamides is 1. The van der Waals surface area contributed by atoms with Crippen molar-refractivity contribution in [2.45, 2.75) is 24.8 Å². The van der Waals surface area contributed by atoms with Crippen LogP contribution in [-0.4, -0.2) is 40.9 Å². The van der Waals surface area contributed by atoms with Crippen LogP contribution in [0, 0.1) is 6.92 Å². The predicted molar refractivity (Wildman–Crippen MR) is 167 cm³/mol. The zero-order valence-corrected chi connectivity index (χ0v) is 25.3. The van der Waals surface area contributed by atoms with Gasteiger partial charge in [0.25, 0.3) is 21.5 Å². The Morgan fingerprint density at radius 1 is 0.955 bits per heavy atom. The van der Waals surface area contributed by atoms with Crippen LogP contribution in [0.25, 0.3) is 21.9 Å². The molecule has 0 radical (unpaired) electrons. The molecule has 44 heavy (non-hydrogen) atoms. The molecule has 2 N–H and O–H groups in total. The highest BCUT2D eigenvalue weighted by Gasteiger charge is 2.26. The number of carbonyl (C=O) groups excluding carboxylic acids is 2. The van der Waals surface area contributed by atoms with Gasteiger partial charge in [0.15, 0.2) is 6.10 Å². The third-order valence-corrected chi connectivity index (χ3v) is 8.33. The first-order valence-electron chi connectivity index (χ1n) is 13.3. The van der Waals surface area contributed by atoms with Crippen LogP contribution in [0.3, 0.4) is 0 Å². The summed E-state index contributed by atoms with van der Waals surface area (Å²) >= 11 is 6.09. The summed E-state index contributed by atoms with van der Waals surface area (Å²) in [6.45, 7) is 3.09. The van der Waals surface area contributed by atoms with Crippen LogP contribution in [0.5, 0.6) is 0 Å². The first-order valence-corrected chi connectivity index (χ1v) is 15.1. The number of rotatable bonds is 8. The minimum atomic E-state index is -3.98. The number of ether oxygens (including phenoxy) is 1. The third kappa shape index (κ3) is 6.31. The smallest absolute Gasteiger partial charge is 0.356 e. The maximum absolute atomic E-state index is 13.5. The van der Waals surface area contributed by atoms with Gasteiger partial charge in [-0.15, -0.1) is 0 Å². The van der Waals surface area contributed by atoms with Crippen LogP contribution in [0.15, 0.2) is 94.7 Å². The lowest BCUT2D eigenvalue weighted by Crippen LogP contribution is -2.33. The zero-order valence-electron chi connectivity index (χ0n) is 23.7. The number of benzene rings is 3. The van der Waals surface area contributed by atoms with Crippen LogP contribution < -0.4 is 15.6 Å². The minimum Gasteiger partial charge on any atom is -0.448 e. The van der Waals surface area contributed by atoms with E-state index >= 15 is 0 Å². The second kappa shape index (κ2) is 12.3. The summed E-state index contributed by atoms with van der Waals surface area (Å²) in [6.07, 6.45) is 0.163. The average molecular weight is 632 g/mol. The van der Waals surface area contributed by atoms with E-state index in [4.69, 9.17) is 16.3 Å². The largest absolute Gasteiger partial charge is 0.448 e. The molecule has 0 fully saturated rings. The van der Waals surface area contributed by atoms with Gasteiger partial charge in [-0.1, -0.05) is 41.9 Å². The van der Waals surface area contributed by atoms with Gasteiger partial charge < -0.3 is 14.6 Å². The highest BCUT2D eigenvalue weighted by Crippen LogP contribution is 2.32. The molecular formula is C31H26ClN5O6S. The Morgan fingerprint density at radius 2 is 1.61 bits per heavy atom. The number of pyridine rings is 1. The maximum Gasteiger partial charge on any atom is 0.356 e. The molecule has 2 aromatic heterocycles. The van der Waals surface area contributed by atoms with Gasteiger partial charge in [-0.3, -0.25) is 9.59 Å². The molecule has 3 aromatic carbocycles. The summed E-state index contributed by atoms with van der Waals surface area (Å²) in [5.74, 6) is -1.62. The Kier molecular flexibility index (Phi) is 8.47. The number of hydrogen-bond acceptors (Lipinski definition) is 8. The van der Waals surface area contributed by atoms with Crippen LogP contribution in [-0.2, 0) is 26.6 Å². The normalized spacial score (nSPS) is 12.0. The molecule has 0 saturated heterocycles. The van der Waals surface area contributed by atoms with E-state index in [0.717, 1.165) is 0 Å². The maximum atomic E-state index is 13.5. The van der Waals surface area contributed by atoms with Crippen LogP contribution in [0.1, 0.15) is 23.1 Å². The van der Waals surface area contributed by atoms with E-state index in [1.165, 1.54) is 49.0 Å². The Bertz CT molecular complexity index is 2060. The van der Waals surface area contributed by atoms with Gasteiger partial charge >= 0.3 is 5.97 Å². The van der Waals surface area contributed by atoms with Crippen molar-refractivity contribution in [3.05, 3.63) is 112 Å². The minimum absolute atomic E-state index is 0.0321. The number of fused-ring (bicyclic) bond motifs is 1. The molecule has 0 aliphatic rings. The number of nitrogens with zero attached hydrogens (tertiary/aromatic N) is 3. The molecule has 224 valence electrons. The van der Waals surface area contributed by atoms with E-state index < -0.39 is 33.6 Å². The fraction of sp³-hybridized carbons (Fsp3) is 0.129. The predicted octanol–water partition coefficient (Wildman–Crippen LogP) is 4.94. The second-order valence-electron chi connectivity index (χ2n) is 9.83. The van der Waals surface area contributed by atoms with Crippen molar-refractivity contribution in [3.63, 3.8) is 0 Å². The molecule has 0 saturated carbocycles. The number of amides is 1. The molecule has 0 bridgehead atoms. The number of carbonyl (C=O) groups is 2. The van der Waals surface area contributed by atoms with Gasteiger partial charge in [-0.25, -0.2) is 27.9 Å². The van der Waals surface area contributed by atoms with E-state index in [1.807, 2.05) is 0 Å². The SMILES string of the molecule is Cc1ccnc(NS(=O)(=O)c2ccc(NC(=O)C(C)OC(=O)c3c(-c4ccc(Cl)cc4)c4ccccc4c(=O)n3C)cc2)n1. The molecule has 5 aromatic rings. The Hall–Kier alpha value is -5.07. The van der Waals surface area contributed by atoms with Crippen molar-refractivity contribution in [2.24, 2.45) is 7.05 Å². The lowest BCUT2D eigenvalue weighted by atomic mass is 9.96. The van der Waals surface area contributed by atoms with Gasteiger partial charge in [-0.05, 0) is 73.3 Å². The van der Waals surface area contributed by atoms with Crippen molar-refractivity contribution in [1.82, 2.24) is 14.5 Å². The Balaban J connectivity index is 1.35. The van der Waals surface area contributed by atoms with Gasteiger partial charge in [0.05, 0.1) is 4.90 Å². The fourth-order valence-electron chi connectivity index (χ4n) is 4.52. The van der Waals surface area contributed by atoms with Crippen molar-refractivity contribution in [2.75, 3.05) is 10.0 Å². The second-order valence-corrected chi connectivity index (χ2v) is 11.9. The first kappa shape index (κ1) is 30.4. The van der Waals surface area contributed by atoms with E-state index in [2.05, 4.69) is 20.0 Å². The lowest BCUT2D eigenvalue weighted by molar-refractivity contribution is -0.123.